The molecule has 1 nitrogen and oxygen atoms in total. The molecule has 2 aliphatic rings. The first kappa shape index (κ1) is 28.6. The highest BCUT2D eigenvalue weighted by atomic mass is 32.1. The molecule has 0 radical (unpaired) electrons. The molecule has 8 aromatic rings. The van der Waals surface area contributed by atoms with Crippen LogP contribution in [0.1, 0.15) is 48.6 Å². The summed E-state index contributed by atoms with van der Waals surface area (Å²) in [5.74, 6) is 0. The zero-order chi connectivity index (χ0) is 32.9. The standard InChI is InChI=1S/C47H35NS/c1-46(2)38-19-10-7-16-33(38)36-26-24-31(28-42(36)46)48(30-14-5-4-6-15-30)32-25-27-37-44(29-32)49-43-23-13-22-41(45(37)43)47(3)39-20-11-8-17-34(39)35-18-9-12-21-40(35)47/h4-29H,1-3H3. The number of hydrogen-bond donors (Lipinski definition) is 0. The van der Waals surface area contributed by atoms with Gasteiger partial charge >= 0.3 is 0 Å². The van der Waals surface area contributed by atoms with Crippen molar-refractivity contribution < 1.29 is 0 Å². The molecule has 0 unspecified atom stereocenters. The lowest BCUT2D eigenvalue weighted by Crippen LogP contribution is -2.22. The van der Waals surface area contributed by atoms with Crippen molar-refractivity contribution in [2.75, 3.05) is 4.90 Å². The van der Waals surface area contributed by atoms with Gasteiger partial charge in [0.05, 0.1) is 0 Å². The Balaban J connectivity index is 1.16. The third-order valence-electron chi connectivity index (χ3n) is 11.3. The van der Waals surface area contributed by atoms with E-state index in [0.717, 1.165) is 5.69 Å². The van der Waals surface area contributed by atoms with Crippen LogP contribution in [0.25, 0.3) is 42.4 Å². The summed E-state index contributed by atoms with van der Waals surface area (Å²) in [5, 5.41) is 2.69. The molecule has 7 aromatic carbocycles. The van der Waals surface area contributed by atoms with Gasteiger partial charge in [0, 0.05) is 48.1 Å². The minimum absolute atomic E-state index is 0.0658. The van der Waals surface area contributed by atoms with Crippen molar-refractivity contribution >= 4 is 48.6 Å². The molecule has 0 aliphatic heterocycles. The van der Waals surface area contributed by atoms with Crippen LogP contribution in [0.4, 0.5) is 17.1 Å². The summed E-state index contributed by atoms with van der Waals surface area (Å²) in [7, 11) is 0. The molecule has 49 heavy (non-hydrogen) atoms. The van der Waals surface area contributed by atoms with E-state index in [9.17, 15) is 0 Å². The lowest BCUT2D eigenvalue weighted by Gasteiger charge is -2.29. The van der Waals surface area contributed by atoms with Gasteiger partial charge in [-0.3, -0.25) is 0 Å². The topological polar surface area (TPSA) is 3.24 Å². The molecular weight excluding hydrogens is 611 g/mol. The Bertz CT molecular complexity index is 2560. The van der Waals surface area contributed by atoms with E-state index >= 15 is 0 Å². The lowest BCUT2D eigenvalue weighted by molar-refractivity contribution is 0.660. The van der Waals surface area contributed by atoms with Crippen LogP contribution in [0.5, 0.6) is 0 Å². The van der Waals surface area contributed by atoms with E-state index in [4.69, 9.17) is 0 Å². The number of benzene rings is 7. The molecule has 0 amide bonds. The second-order valence-electron chi connectivity index (χ2n) is 14.2. The molecule has 1 aromatic heterocycles. The molecule has 0 fully saturated rings. The van der Waals surface area contributed by atoms with Gasteiger partial charge < -0.3 is 4.90 Å². The SMILES string of the molecule is CC1(C)c2ccccc2-c2ccc(N(c3ccccc3)c3ccc4c(c3)sc3cccc(C5(C)c6ccccc6-c6ccccc65)c34)cc21. The average molecular weight is 646 g/mol. The van der Waals surface area contributed by atoms with Gasteiger partial charge in [-0.25, -0.2) is 0 Å². The Hall–Kier alpha value is -5.44. The minimum Gasteiger partial charge on any atom is -0.310 e. The molecule has 0 atom stereocenters. The highest BCUT2D eigenvalue weighted by Crippen LogP contribution is 2.55. The Morgan fingerprint density at radius 1 is 0.408 bits per heavy atom. The molecule has 0 N–H and O–H groups in total. The van der Waals surface area contributed by atoms with Crippen LogP contribution in [0.2, 0.25) is 0 Å². The van der Waals surface area contributed by atoms with E-state index in [0.29, 0.717) is 0 Å². The summed E-state index contributed by atoms with van der Waals surface area (Å²) in [5.41, 5.74) is 15.5. The number of rotatable bonds is 4. The van der Waals surface area contributed by atoms with Crippen molar-refractivity contribution in [1.29, 1.82) is 0 Å². The summed E-state index contributed by atoms with van der Waals surface area (Å²) in [4.78, 5) is 2.43. The number of fused-ring (bicyclic) bond motifs is 9. The molecule has 1 heterocycles. The largest absolute Gasteiger partial charge is 0.310 e. The third-order valence-corrected chi connectivity index (χ3v) is 12.5. The monoisotopic (exact) mass is 645 g/mol. The van der Waals surface area contributed by atoms with Gasteiger partial charge in [-0.05, 0) is 99.5 Å². The number of nitrogens with zero attached hydrogens (tertiary/aromatic N) is 1. The fourth-order valence-corrected chi connectivity index (χ4v) is 10.1. The van der Waals surface area contributed by atoms with Crippen molar-refractivity contribution in [1.82, 2.24) is 0 Å². The predicted octanol–water partition coefficient (Wildman–Crippen LogP) is 13.2. The van der Waals surface area contributed by atoms with Gasteiger partial charge in [0.1, 0.15) is 0 Å². The first-order valence-electron chi connectivity index (χ1n) is 17.2. The van der Waals surface area contributed by atoms with E-state index < -0.39 is 0 Å². The van der Waals surface area contributed by atoms with E-state index in [-0.39, 0.29) is 10.8 Å². The normalized spacial score (nSPS) is 14.8. The van der Waals surface area contributed by atoms with Crippen LogP contribution in [0, 0.1) is 0 Å². The van der Waals surface area contributed by atoms with Crippen molar-refractivity contribution in [3.63, 3.8) is 0 Å². The Kier molecular flexibility index (Phi) is 5.99. The van der Waals surface area contributed by atoms with Gasteiger partial charge in [-0.2, -0.15) is 0 Å². The fraction of sp³-hybridized carbons (Fsp3) is 0.106. The molecule has 0 spiro atoms. The molecule has 234 valence electrons. The van der Waals surface area contributed by atoms with E-state index in [1.165, 1.54) is 81.6 Å². The van der Waals surface area contributed by atoms with E-state index in [1.54, 1.807) is 0 Å². The maximum Gasteiger partial charge on any atom is 0.0476 e. The summed E-state index contributed by atoms with van der Waals surface area (Å²) >= 11 is 1.90. The zero-order valence-corrected chi connectivity index (χ0v) is 28.7. The highest BCUT2D eigenvalue weighted by Gasteiger charge is 2.42. The van der Waals surface area contributed by atoms with Gasteiger partial charge in [0.15, 0.2) is 0 Å². The molecule has 10 rings (SSSR count). The van der Waals surface area contributed by atoms with Crippen molar-refractivity contribution in [2.45, 2.75) is 31.6 Å². The maximum atomic E-state index is 2.43. The summed E-state index contributed by atoms with van der Waals surface area (Å²) < 4.78 is 2.63. The second-order valence-corrected chi connectivity index (χ2v) is 15.3. The van der Waals surface area contributed by atoms with Gasteiger partial charge in [0.2, 0.25) is 0 Å². The maximum absolute atomic E-state index is 2.43. The first-order valence-corrected chi connectivity index (χ1v) is 18.0. The molecule has 2 heteroatoms. The third kappa shape index (κ3) is 3.93. The minimum atomic E-state index is -0.246. The predicted molar refractivity (Wildman–Crippen MR) is 209 cm³/mol. The van der Waals surface area contributed by atoms with Gasteiger partial charge in [-0.15, -0.1) is 11.3 Å². The van der Waals surface area contributed by atoms with Crippen LogP contribution >= 0.6 is 11.3 Å². The van der Waals surface area contributed by atoms with Crippen molar-refractivity contribution in [2.24, 2.45) is 0 Å². The molecule has 2 aliphatic carbocycles. The number of anilines is 3. The van der Waals surface area contributed by atoms with Crippen LogP contribution in [0.3, 0.4) is 0 Å². The fourth-order valence-electron chi connectivity index (χ4n) is 8.97. The van der Waals surface area contributed by atoms with E-state index in [1.807, 2.05) is 11.3 Å². The smallest absolute Gasteiger partial charge is 0.0476 e. The Labute approximate surface area is 291 Å². The second kappa shape index (κ2) is 10.3. The Morgan fingerprint density at radius 2 is 0.959 bits per heavy atom. The molecule has 0 saturated carbocycles. The number of thiophene rings is 1. The quantitative estimate of drug-likeness (QED) is 0.184. The van der Waals surface area contributed by atoms with Crippen LogP contribution in [-0.4, -0.2) is 0 Å². The lowest BCUT2D eigenvalue weighted by atomic mass is 9.73. The number of para-hydroxylation sites is 1. The van der Waals surface area contributed by atoms with Crippen LogP contribution in [-0.2, 0) is 10.8 Å². The van der Waals surface area contributed by atoms with Crippen LogP contribution < -0.4 is 4.90 Å². The first-order chi connectivity index (χ1) is 23.9. The highest BCUT2D eigenvalue weighted by molar-refractivity contribution is 7.25. The number of hydrogen-bond acceptors (Lipinski definition) is 2. The van der Waals surface area contributed by atoms with Crippen molar-refractivity contribution in [3.8, 4) is 22.3 Å². The van der Waals surface area contributed by atoms with Gasteiger partial charge in [0.25, 0.3) is 0 Å². The summed E-state index contributed by atoms with van der Waals surface area (Å²) in [6, 6.07) is 58.7. The van der Waals surface area contributed by atoms with E-state index in [2.05, 4.69) is 183 Å². The molecule has 0 bridgehead atoms. The zero-order valence-electron chi connectivity index (χ0n) is 27.9. The Morgan fingerprint density at radius 3 is 1.67 bits per heavy atom. The van der Waals surface area contributed by atoms with Crippen LogP contribution in [0.15, 0.2) is 158 Å². The molecule has 0 saturated heterocycles. The van der Waals surface area contributed by atoms with Crippen molar-refractivity contribution in [3.05, 3.63) is 186 Å². The summed E-state index contributed by atoms with van der Waals surface area (Å²) in [6.45, 7) is 7.14. The summed E-state index contributed by atoms with van der Waals surface area (Å²) in [6.07, 6.45) is 0. The average Bonchev–Trinajstić information content (AvgIpc) is 3.73. The van der Waals surface area contributed by atoms with Gasteiger partial charge in [-0.1, -0.05) is 129 Å². The molecular formula is C47H35NS.